The number of nitrogens with zero attached hydrogens (tertiary/aromatic N) is 3. The molecule has 2 rings (SSSR count). The zero-order chi connectivity index (χ0) is 13.0. The van der Waals surface area contributed by atoms with Crippen LogP contribution in [0.4, 0.5) is 5.69 Å². The van der Waals surface area contributed by atoms with E-state index in [1.54, 1.807) is 24.3 Å². The van der Waals surface area contributed by atoms with Crippen molar-refractivity contribution in [3.05, 3.63) is 39.7 Å². The standard InChI is InChI=1S/C11H7ClN4OS/c12-7-3-1-2-4-8(7)15-16-9(5-13)11-14-10(17)6-18-11/h1-4,6,15,17H. The smallest absolute Gasteiger partial charge is 0.222 e. The maximum Gasteiger partial charge on any atom is 0.222 e. The minimum Gasteiger partial charge on any atom is -0.493 e. The van der Waals surface area contributed by atoms with Gasteiger partial charge >= 0.3 is 0 Å². The Kier molecular flexibility index (Phi) is 3.77. The summed E-state index contributed by atoms with van der Waals surface area (Å²) in [5.41, 5.74) is 3.36. The minimum atomic E-state index is -0.129. The van der Waals surface area contributed by atoms with Crippen molar-refractivity contribution < 1.29 is 5.11 Å². The van der Waals surface area contributed by atoms with E-state index in [0.717, 1.165) is 11.3 Å². The Hall–Kier alpha value is -2.10. The molecule has 0 saturated carbocycles. The van der Waals surface area contributed by atoms with E-state index in [0.29, 0.717) is 15.7 Å². The summed E-state index contributed by atoms with van der Waals surface area (Å²) in [4.78, 5) is 3.76. The number of hydrogen-bond donors (Lipinski definition) is 2. The molecule has 0 spiro atoms. The number of anilines is 1. The van der Waals surface area contributed by atoms with Crippen molar-refractivity contribution in [2.45, 2.75) is 0 Å². The summed E-state index contributed by atoms with van der Waals surface area (Å²) >= 11 is 7.07. The van der Waals surface area contributed by atoms with Crippen molar-refractivity contribution in [1.82, 2.24) is 4.98 Å². The third-order valence-electron chi connectivity index (χ3n) is 1.96. The van der Waals surface area contributed by atoms with Crippen molar-refractivity contribution in [2.24, 2.45) is 5.10 Å². The summed E-state index contributed by atoms with van der Waals surface area (Å²) < 4.78 is 0. The molecule has 0 amide bonds. The Balaban J connectivity index is 2.22. The second kappa shape index (κ2) is 5.49. The van der Waals surface area contributed by atoms with Crippen LogP contribution in [0.2, 0.25) is 5.02 Å². The molecule has 1 heterocycles. The molecule has 1 aromatic heterocycles. The van der Waals surface area contributed by atoms with Gasteiger partial charge < -0.3 is 5.11 Å². The van der Waals surface area contributed by atoms with E-state index in [4.69, 9.17) is 22.0 Å². The molecule has 5 nitrogen and oxygen atoms in total. The molecule has 0 saturated heterocycles. The van der Waals surface area contributed by atoms with E-state index in [2.05, 4.69) is 15.5 Å². The Labute approximate surface area is 112 Å². The van der Waals surface area contributed by atoms with Crippen LogP contribution in [0.5, 0.6) is 5.88 Å². The van der Waals surface area contributed by atoms with Crippen LogP contribution >= 0.6 is 22.9 Å². The molecular weight excluding hydrogens is 272 g/mol. The number of rotatable bonds is 3. The lowest BCUT2D eigenvalue weighted by molar-refractivity contribution is 0.457. The normalized spacial score (nSPS) is 11.0. The molecule has 1 aromatic carbocycles. The second-order valence-electron chi connectivity index (χ2n) is 3.17. The Morgan fingerprint density at radius 2 is 2.28 bits per heavy atom. The highest BCUT2D eigenvalue weighted by Crippen LogP contribution is 2.21. The van der Waals surface area contributed by atoms with Gasteiger partial charge in [-0.15, -0.1) is 11.3 Å². The molecule has 7 heteroatoms. The number of halogens is 1. The number of nitrogens with one attached hydrogen (secondary N) is 1. The van der Waals surface area contributed by atoms with Crippen molar-refractivity contribution in [3.8, 4) is 11.9 Å². The van der Waals surface area contributed by atoms with E-state index in [1.165, 1.54) is 5.38 Å². The quantitative estimate of drug-likeness (QED) is 0.668. The number of benzene rings is 1. The molecule has 0 aliphatic rings. The fourth-order valence-electron chi connectivity index (χ4n) is 1.16. The summed E-state index contributed by atoms with van der Waals surface area (Å²) in [5, 5.41) is 24.3. The van der Waals surface area contributed by atoms with E-state index in [-0.39, 0.29) is 11.6 Å². The van der Waals surface area contributed by atoms with Gasteiger partial charge in [0.05, 0.1) is 16.1 Å². The second-order valence-corrected chi connectivity index (χ2v) is 4.44. The highest BCUT2D eigenvalue weighted by molar-refractivity contribution is 7.12. The molecule has 0 radical (unpaired) electrons. The van der Waals surface area contributed by atoms with Gasteiger partial charge in [0.1, 0.15) is 6.07 Å². The molecule has 0 aliphatic heterocycles. The zero-order valence-corrected chi connectivity index (χ0v) is 10.5. The number of hydrogen-bond acceptors (Lipinski definition) is 6. The third-order valence-corrected chi connectivity index (χ3v) is 3.13. The fraction of sp³-hybridized carbons (Fsp3) is 0. The average molecular weight is 279 g/mol. The first-order chi connectivity index (χ1) is 8.70. The van der Waals surface area contributed by atoms with Crippen LogP contribution in [-0.4, -0.2) is 15.8 Å². The first-order valence-corrected chi connectivity index (χ1v) is 6.09. The summed E-state index contributed by atoms with van der Waals surface area (Å²) in [6, 6.07) is 8.94. The fourth-order valence-corrected chi connectivity index (χ4v) is 1.96. The van der Waals surface area contributed by atoms with Gasteiger partial charge in [0.15, 0.2) is 10.7 Å². The van der Waals surface area contributed by atoms with Gasteiger partial charge in [0, 0.05) is 0 Å². The van der Waals surface area contributed by atoms with Crippen molar-refractivity contribution in [3.63, 3.8) is 0 Å². The SMILES string of the molecule is N#CC(=NNc1ccccc1Cl)c1nc(O)cs1. The highest BCUT2D eigenvalue weighted by Gasteiger charge is 2.08. The van der Waals surface area contributed by atoms with Crippen LogP contribution < -0.4 is 5.43 Å². The number of nitriles is 1. The van der Waals surface area contributed by atoms with Gasteiger partial charge in [-0.2, -0.15) is 15.3 Å². The van der Waals surface area contributed by atoms with E-state index in [1.807, 2.05) is 6.07 Å². The third kappa shape index (κ3) is 2.77. The van der Waals surface area contributed by atoms with Crippen molar-refractivity contribution in [2.75, 3.05) is 5.43 Å². The van der Waals surface area contributed by atoms with E-state index >= 15 is 0 Å². The molecule has 0 unspecified atom stereocenters. The predicted octanol–water partition coefficient (Wildman–Crippen LogP) is 2.84. The predicted molar refractivity (Wildman–Crippen MR) is 71.0 cm³/mol. The number of thiazole rings is 1. The van der Waals surface area contributed by atoms with E-state index < -0.39 is 0 Å². The number of aromatic hydroxyl groups is 1. The summed E-state index contributed by atoms with van der Waals surface area (Å²) in [6.45, 7) is 0. The topological polar surface area (TPSA) is 81.3 Å². The summed E-state index contributed by atoms with van der Waals surface area (Å²) in [7, 11) is 0. The maximum atomic E-state index is 9.12. The number of hydrazone groups is 1. The van der Waals surface area contributed by atoms with Crippen LogP contribution in [0.25, 0.3) is 0 Å². The molecule has 0 bridgehead atoms. The lowest BCUT2D eigenvalue weighted by Gasteiger charge is -2.02. The Morgan fingerprint density at radius 3 is 2.89 bits per heavy atom. The maximum absolute atomic E-state index is 9.12. The minimum absolute atomic E-state index is 0.0835. The van der Waals surface area contributed by atoms with Crippen LogP contribution in [0, 0.1) is 11.3 Å². The molecule has 2 aromatic rings. The van der Waals surface area contributed by atoms with Gasteiger partial charge in [-0.25, -0.2) is 0 Å². The van der Waals surface area contributed by atoms with Gasteiger partial charge in [0.25, 0.3) is 0 Å². The number of aromatic nitrogens is 1. The first kappa shape index (κ1) is 12.4. The Morgan fingerprint density at radius 1 is 1.50 bits per heavy atom. The largest absolute Gasteiger partial charge is 0.493 e. The average Bonchev–Trinajstić information content (AvgIpc) is 2.79. The van der Waals surface area contributed by atoms with Crippen LogP contribution in [0.15, 0.2) is 34.7 Å². The molecule has 0 atom stereocenters. The van der Waals surface area contributed by atoms with E-state index in [9.17, 15) is 0 Å². The highest BCUT2D eigenvalue weighted by atomic mass is 35.5. The lowest BCUT2D eigenvalue weighted by Crippen LogP contribution is -2.01. The van der Waals surface area contributed by atoms with Crippen LogP contribution in [-0.2, 0) is 0 Å². The van der Waals surface area contributed by atoms with Crippen molar-refractivity contribution >= 4 is 34.3 Å². The lowest BCUT2D eigenvalue weighted by atomic mass is 10.3. The van der Waals surface area contributed by atoms with Gasteiger partial charge in [-0.3, -0.25) is 5.43 Å². The molecule has 0 aliphatic carbocycles. The number of para-hydroxylation sites is 1. The van der Waals surface area contributed by atoms with Gasteiger partial charge in [-0.1, -0.05) is 23.7 Å². The molecule has 0 fully saturated rings. The molecular formula is C11H7ClN4OS. The summed E-state index contributed by atoms with van der Waals surface area (Å²) in [6.07, 6.45) is 0. The monoisotopic (exact) mass is 278 g/mol. The van der Waals surface area contributed by atoms with Crippen LogP contribution in [0.1, 0.15) is 5.01 Å². The zero-order valence-electron chi connectivity index (χ0n) is 8.96. The molecule has 90 valence electrons. The Bertz CT molecular complexity index is 632. The van der Waals surface area contributed by atoms with Gasteiger partial charge in [-0.05, 0) is 12.1 Å². The van der Waals surface area contributed by atoms with Gasteiger partial charge in [0.2, 0.25) is 5.88 Å². The van der Waals surface area contributed by atoms with Crippen LogP contribution in [0.3, 0.4) is 0 Å². The first-order valence-electron chi connectivity index (χ1n) is 4.84. The molecule has 2 N–H and O–H groups in total. The van der Waals surface area contributed by atoms with Crippen molar-refractivity contribution in [1.29, 1.82) is 5.26 Å². The molecule has 18 heavy (non-hydrogen) atoms. The summed E-state index contributed by atoms with van der Waals surface area (Å²) in [5.74, 6) is -0.129.